The van der Waals surface area contributed by atoms with E-state index in [2.05, 4.69) is 16.3 Å². The molecule has 3 heteroatoms. The van der Waals surface area contributed by atoms with Crippen LogP contribution in [0, 0.1) is 0 Å². The molecule has 3 nitrogen and oxygen atoms in total. The van der Waals surface area contributed by atoms with Crippen molar-refractivity contribution in [3.63, 3.8) is 0 Å². The summed E-state index contributed by atoms with van der Waals surface area (Å²) in [4.78, 5) is 0. The quantitative estimate of drug-likeness (QED) is 0.505. The highest BCUT2D eigenvalue weighted by atomic mass is 15.2. The van der Waals surface area contributed by atoms with Crippen molar-refractivity contribution in [2.45, 2.75) is 12.8 Å². The van der Waals surface area contributed by atoms with Gasteiger partial charge in [0.25, 0.3) is 0 Å². The Kier molecular flexibility index (Phi) is 0.886. The molecule has 1 aromatic heterocycles. The van der Waals surface area contributed by atoms with Gasteiger partial charge in [-0.2, -0.15) is 0 Å². The van der Waals surface area contributed by atoms with Crippen molar-refractivity contribution in [3.05, 3.63) is 18.2 Å². The Labute approximate surface area is 53.0 Å². The fraction of sp³-hybridized carbons (Fsp3) is 0.333. The second-order valence-electron chi connectivity index (χ2n) is 2.08. The normalized spacial score (nSPS) is 15.6. The number of hydrogen-bond acceptors (Lipinski definition) is 2. The summed E-state index contributed by atoms with van der Waals surface area (Å²) in [7, 11) is 0. The molecule has 0 spiro atoms. The second kappa shape index (κ2) is 1.69. The minimum absolute atomic E-state index is 1.02. The van der Waals surface area contributed by atoms with Crippen LogP contribution in [0.25, 0.3) is 6.20 Å². The zero-order valence-corrected chi connectivity index (χ0v) is 4.99. The Morgan fingerprint density at radius 3 is 3.44 bits per heavy atom. The van der Waals surface area contributed by atoms with Gasteiger partial charge >= 0.3 is 0 Å². The van der Waals surface area contributed by atoms with Crippen molar-refractivity contribution >= 4 is 6.20 Å². The Morgan fingerprint density at radius 1 is 1.56 bits per heavy atom. The van der Waals surface area contributed by atoms with Crippen molar-refractivity contribution in [1.82, 2.24) is 14.8 Å². The van der Waals surface area contributed by atoms with Gasteiger partial charge in [0, 0.05) is 12.6 Å². The van der Waals surface area contributed by atoms with Gasteiger partial charge in [0.05, 0.1) is 0 Å². The van der Waals surface area contributed by atoms with Crippen molar-refractivity contribution < 1.29 is 0 Å². The number of aryl methyl sites for hydroxylation is 1. The summed E-state index contributed by atoms with van der Waals surface area (Å²) in [5.41, 5.74) is 0. The van der Waals surface area contributed by atoms with Gasteiger partial charge in [-0.25, -0.2) is 0 Å². The lowest BCUT2D eigenvalue weighted by Crippen LogP contribution is -1.99. The Balaban J connectivity index is 2.53. The van der Waals surface area contributed by atoms with Gasteiger partial charge in [0.1, 0.15) is 12.2 Å². The first-order valence-corrected chi connectivity index (χ1v) is 3.02. The molecule has 0 aromatic carbocycles. The standard InChI is InChI=1S/C6H7N3/c1-2-4-9-5-7-8-6(9)3-1/h2,4-5H,1,3H2. The number of hydrogen-bond donors (Lipinski definition) is 0. The molecule has 9 heavy (non-hydrogen) atoms. The van der Waals surface area contributed by atoms with Gasteiger partial charge in [-0.3, -0.25) is 4.57 Å². The number of fused-ring (bicyclic) bond motifs is 1. The average Bonchev–Trinajstić information content (AvgIpc) is 2.33. The molecule has 2 rings (SSSR count). The molecule has 0 radical (unpaired) electrons. The molecule has 0 saturated heterocycles. The van der Waals surface area contributed by atoms with Crippen LogP contribution in [0.4, 0.5) is 0 Å². The third-order valence-corrected chi connectivity index (χ3v) is 1.45. The minimum atomic E-state index is 1.02. The smallest absolute Gasteiger partial charge is 0.137 e. The minimum Gasteiger partial charge on any atom is -0.293 e. The van der Waals surface area contributed by atoms with Crippen molar-refractivity contribution in [2.24, 2.45) is 0 Å². The summed E-state index contributed by atoms with van der Waals surface area (Å²) in [6.45, 7) is 0. The summed E-state index contributed by atoms with van der Waals surface area (Å²) >= 11 is 0. The molecule has 0 unspecified atom stereocenters. The SMILES string of the molecule is C1=Cn2cnnc2CC1. The number of rotatable bonds is 0. The maximum Gasteiger partial charge on any atom is 0.137 e. The highest BCUT2D eigenvalue weighted by Crippen LogP contribution is 2.06. The third kappa shape index (κ3) is 0.650. The molecule has 0 fully saturated rings. The highest BCUT2D eigenvalue weighted by Gasteiger charge is 2.02. The summed E-state index contributed by atoms with van der Waals surface area (Å²) in [5, 5.41) is 7.68. The van der Waals surface area contributed by atoms with Crippen LogP contribution in [0.1, 0.15) is 12.2 Å². The Morgan fingerprint density at radius 2 is 2.56 bits per heavy atom. The fourth-order valence-corrected chi connectivity index (χ4v) is 0.971. The molecule has 1 aliphatic heterocycles. The maximum atomic E-state index is 3.92. The third-order valence-electron chi connectivity index (χ3n) is 1.45. The summed E-state index contributed by atoms with van der Waals surface area (Å²) < 4.78 is 1.95. The predicted octanol–water partition coefficient (Wildman–Crippen LogP) is 0.695. The highest BCUT2D eigenvalue weighted by molar-refractivity contribution is 5.26. The molecule has 0 saturated carbocycles. The van der Waals surface area contributed by atoms with Gasteiger partial charge < -0.3 is 0 Å². The van der Waals surface area contributed by atoms with Gasteiger partial charge in [-0.05, 0) is 6.42 Å². The number of aromatic nitrogens is 3. The average molecular weight is 121 g/mol. The Hall–Kier alpha value is -1.12. The molecule has 0 amide bonds. The lowest BCUT2D eigenvalue weighted by Gasteiger charge is -2.02. The first-order chi connectivity index (χ1) is 4.47. The van der Waals surface area contributed by atoms with E-state index >= 15 is 0 Å². The van der Waals surface area contributed by atoms with Gasteiger partial charge in [-0.1, -0.05) is 6.08 Å². The van der Waals surface area contributed by atoms with Crippen LogP contribution in [-0.4, -0.2) is 14.8 Å². The van der Waals surface area contributed by atoms with Crippen molar-refractivity contribution in [2.75, 3.05) is 0 Å². The molecule has 2 heterocycles. The Bertz CT molecular complexity index is 236. The molecular formula is C6H7N3. The summed E-state index contributed by atoms with van der Waals surface area (Å²) in [5.74, 6) is 1.07. The van der Waals surface area contributed by atoms with E-state index in [0.29, 0.717) is 0 Å². The molecule has 0 atom stereocenters. The first-order valence-electron chi connectivity index (χ1n) is 3.02. The number of allylic oxidation sites excluding steroid dienone is 1. The monoisotopic (exact) mass is 121 g/mol. The number of nitrogens with zero attached hydrogens (tertiary/aromatic N) is 3. The maximum absolute atomic E-state index is 3.92. The van der Waals surface area contributed by atoms with E-state index in [9.17, 15) is 0 Å². The van der Waals surface area contributed by atoms with Crippen LogP contribution in [-0.2, 0) is 6.42 Å². The van der Waals surface area contributed by atoms with E-state index in [-0.39, 0.29) is 0 Å². The van der Waals surface area contributed by atoms with Gasteiger partial charge in [-0.15, -0.1) is 10.2 Å². The van der Waals surface area contributed by atoms with Gasteiger partial charge in [0.2, 0.25) is 0 Å². The molecule has 0 aliphatic carbocycles. The fourth-order valence-electron chi connectivity index (χ4n) is 0.971. The first kappa shape index (κ1) is 4.73. The molecular weight excluding hydrogens is 114 g/mol. The van der Waals surface area contributed by atoms with E-state index in [1.807, 2.05) is 10.8 Å². The zero-order chi connectivity index (χ0) is 6.10. The molecule has 1 aromatic rings. The van der Waals surface area contributed by atoms with Gasteiger partial charge in [0.15, 0.2) is 0 Å². The summed E-state index contributed by atoms with van der Waals surface area (Å²) in [6, 6.07) is 0. The van der Waals surface area contributed by atoms with E-state index < -0.39 is 0 Å². The summed E-state index contributed by atoms with van der Waals surface area (Å²) in [6.07, 6.45) is 7.97. The van der Waals surface area contributed by atoms with Crippen LogP contribution >= 0.6 is 0 Å². The van der Waals surface area contributed by atoms with Crippen molar-refractivity contribution in [3.8, 4) is 0 Å². The molecule has 1 aliphatic rings. The van der Waals surface area contributed by atoms with Crippen molar-refractivity contribution in [1.29, 1.82) is 0 Å². The lowest BCUT2D eigenvalue weighted by atomic mass is 10.2. The van der Waals surface area contributed by atoms with Crippen LogP contribution in [0.2, 0.25) is 0 Å². The largest absolute Gasteiger partial charge is 0.293 e. The van der Waals surface area contributed by atoms with Crippen LogP contribution in [0.3, 0.4) is 0 Å². The van der Waals surface area contributed by atoms with Crippen LogP contribution < -0.4 is 0 Å². The molecule has 46 valence electrons. The van der Waals surface area contributed by atoms with Crippen LogP contribution in [0.5, 0.6) is 0 Å². The van der Waals surface area contributed by atoms with E-state index in [4.69, 9.17) is 0 Å². The van der Waals surface area contributed by atoms with E-state index in [1.54, 1.807) is 6.33 Å². The van der Waals surface area contributed by atoms with E-state index in [1.165, 1.54) is 0 Å². The second-order valence-corrected chi connectivity index (χ2v) is 2.08. The molecule has 0 bridgehead atoms. The predicted molar refractivity (Wildman–Crippen MR) is 33.7 cm³/mol. The van der Waals surface area contributed by atoms with E-state index in [0.717, 1.165) is 18.7 Å². The lowest BCUT2D eigenvalue weighted by molar-refractivity contribution is 0.829. The topological polar surface area (TPSA) is 30.7 Å². The van der Waals surface area contributed by atoms with Crippen LogP contribution in [0.15, 0.2) is 12.4 Å². The molecule has 0 N–H and O–H groups in total. The zero-order valence-electron chi connectivity index (χ0n) is 4.99.